The van der Waals surface area contributed by atoms with Crippen molar-refractivity contribution in [3.8, 4) is 0 Å². The Hall–Kier alpha value is -0.570. The molecular weight excluding hydrogens is 224 g/mol. The standard InChI is InChI=1S/C15H26N2O/c1-15(7-2-8-16-11-15)14(18)17(9-12-3-4-12)10-13-5-6-13/h12-13,16H,2-11H2,1H3. The first-order valence-corrected chi connectivity index (χ1v) is 7.67. The summed E-state index contributed by atoms with van der Waals surface area (Å²) in [7, 11) is 0. The summed E-state index contributed by atoms with van der Waals surface area (Å²) in [6.45, 7) is 6.18. The predicted molar refractivity (Wildman–Crippen MR) is 72.2 cm³/mol. The Morgan fingerprint density at radius 1 is 1.22 bits per heavy atom. The third kappa shape index (κ3) is 2.87. The van der Waals surface area contributed by atoms with Gasteiger partial charge in [0.2, 0.25) is 5.91 Å². The summed E-state index contributed by atoms with van der Waals surface area (Å²) >= 11 is 0. The first-order valence-electron chi connectivity index (χ1n) is 7.67. The van der Waals surface area contributed by atoms with E-state index in [1.54, 1.807) is 0 Å². The highest BCUT2D eigenvalue weighted by molar-refractivity contribution is 5.82. The summed E-state index contributed by atoms with van der Waals surface area (Å²) in [6.07, 6.45) is 7.55. The van der Waals surface area contributed by atoms with Crippen LogP contribution in [0.25, 0.3) is 0 Å². The Labute approximate surface area is 110 Å². The van der Waals surface area contributed by atoms with Crippen LogP contribution in [0.2, 0.25) is 0 Å². The van der Waals surface area contributed by atoms with Gasteiger partial charge in [0.1, 0.15) is 0 Å². The summed E-state index contributed by atoms with van der Waals surface area (Å²) in [5.41, 5.74) is -0.137. The number of rotatable bonds is 5. The van der Waals surface area contributed by atoms with Crippen molar-refractivity contribution in [2.45, 2.75) is 45.4 Å². The Morgan fingerprint density at radius 3 is 2.28 bits per heavy atom. The van der Waals surface area contributed by atoms with Crippen molar-refractivity contribution in [2.24, 2.45) is 17.3 Å². The first kappa shape index (κ1) is 12.5. The molecule has 2 aliphatic carbocycles. The smallest absolute Gasteiger partial charge is 0.229 e. The fourth-order valence-corrected chi connectivity index (χ4v) is 3.09. The van der Waals surface area contributed by atoms with Crippen molar-refractivity contribution in [2.75, 3.05) is 26.2 Å². The Morgan fingerprint density at radius 2 is 1.83 bits per heavy atom. The van der Waals surface area contributed by atoms with Gasteiger partial charge in [-0.05, 0) is 63.8 Å². The minimum absolute atomic E-state index is 0.137. The summed E-state index contributed by atoms with van der Waals surface area (Å²) in [5.74, 6) is 2.05. The molecule has 0 aromatic rings. The van der Waals surface area contributed by atoms with E-state index in [4.69, 9.17) is 0 Å². The van der Waals surface area contributed by atoms with E-state index in [0.717, 1.165) is 50.9 Å². The molecule has 2 saturated carbocycles. The largest absolute Gasteiger partial charge is 0.342 e. The zero-order chi connectivity index (χ0) is 12.6. The SMILES string of the molecule is CC1(C(=O)N(CC2CC2)CC2CC2)CCCNC1. The molecule has 1 heterocycles. The molecule has 3 rings (SSSR count). The van der Waals surface area contributed by atoms with Crippen LogP contribution in [-0.4, -0.2) is 37.0 Å². The highest BCUT2D eigenvalue weighted by atomic mass is 16.2. The zero-order valence-corrected chi connectivity index (χ0v) is 11.6. The van der Waals surface area contributed by atoms with Gasteiger partial charge in [-0.2, -0.15) is 0 Å². The van der Waals surface area contributed by atoms with Gasteiger partial charge >= 0.3 is 0 Å². The highest BCUT2D eigenvalue weighted by Crippen LogP contribution is 2.36. The third-order valence-electron chi connectivity index (χ3n) is 4.75. The van der Waals surface area contributed by atoms with Crippen molar-refractivity contribution in [3.05, 3.63) is 0 Å². The number of nitrogens with one attached hydrogen (secondary N) is 1. The molecule has 3 nitrogen and oxygen atoms in total. The first-order chi connectivity index (χ1) is 8.67. The predicted octanol–water partition coefficient (Wildman–Crippen LogP) is 2.02. The van der Waals surface area contributed by atoms with E-state index in [-0.39, 0.29) is 5.41 Å². The molecule has 3 fully saturated rings. The quantitative estimate of drug-likeness (QED) is 0.809. The molecule has 3 heteroatoms. The lowest BCUT2D eigenvalue weighted by atomic mass is 9.81. The van der Waals surface area contributed by atoms with Gasteiger partial charge < -0.3 is 10.2 Å². The number of hydrogen-bond acceptors (Lipinski definition) is 2. The van der Waals surface area contributed by atoms with E-state index in [1.165, 1.54) is 25.7 Å². The number of hydrogen-bond donors (Lipinski definition) is 1. The maximum Gasteiger partial charge on any atom is 0.229 e. The highest BCUT2D eigenvalue weighted by Gasteiger charge is 2.40. The van der Waals surface area contributed by atoms with Crippen LogP contribution in [0, 0.1) is 17.3 Å². The number of amides is 1. The van der Waals surface area contributed by atoms with E-state index in [1.807, 2.05) is 0 Å². The molecule has 0 spiro atoms. The molecule has 102 valence electrons. The summed E-state index contributed by atoms with van der Waals surface area (Å²) in [5, 5.41) is 3.40. The molecule has 0 aromatic carbocycles. The molecule has 18 heavy (non-hydrogen) atoms. The van der Waals surface area contributed by atoms with Gasteiger partial charge in [0.05, 0.1) is 5.41 Å². The van der Waals surface area contributed by atoms with Crippen LogP contribution >= 0.6 is 0 Å². The fraction of sp³-hybridized carbons (Fsp3) is 0.933. The van der Waals surface area contributed by atoms with Crippen LogP contribution < -0.4 is 5.32 Å². The molecule has 1 atom stereocenters. The molecule has 1 amide bonds. The molecule has 0 bridgehead atoms. The number of piperidine rings is 1. The second-order valence-corrected chi connectivity index (χ2v) is 6.94. The molecule has 1 saturated heterocycles. The summed E-state index contributed by atoms with van der Waals surface area (Å²) in [6, 6.07) is 0. The van der Waals surface area contributed by atoms with Crippen molar-refractivity contribution in [1.29, 1.82) is 0 Å². The van der Waals surface area contributed by atoms with Crippen molar-refractivity contribution in [3.63, 3.8) is 0 Å². The molecule has 3 aliphatic rings. The maximum absolute atomic E-state index is 12.8. The normalized spacial score (nSPS) is 32.3. The minimum atomic E-state index is -0.137. The van der Waals surface area contributed by atoms with Gasteiger partial charge in [0.15, 0.2) is 0 Å². The van der Waals surface area contributed by atoms with Crippen molar-refractivity contribution < 1.29 is 4.79 Å². The van der Waals surface area contributed by atoms with Crippen LogP contribution in [0.5, 0.6) is 0 Å². The molecule has 1 unspecified atom stereocenters. The Bertz CT molecular complexity index is 300. The second-order valence-electron chi connectivity index (χ2n) is 6.94. The minimum Gasteiger partial charge on any atom is -0.342 e. The lowest BCUT2D eigenvalue weighted by molar-refractivity contribution is -0.142. The van der Waals surface area contributed by atoms with Crippen molar-refractivity contribution >= 4 is 5.91 Å². The van der Waals surface area contributed by atoms with Gasteiger partial charge in [-0.3, -0.25) is 4.79 Å². The van der Waals surface area contributed by atoms with E-state index >= 15 is 0 Å². The van der Waals surface area contributed by atoms with Crippen LogP contribution in [0.4, 0.5) is 0 Å². The molecule has 1 N–H and O–H groups in total. The molecule has 0 aromatic heterocycles. The van der Waals surface area contributed by atoms with E-state index in [0.29, 0.717) is 5.91 Å². The average molecular weight is 250 g/mol. The molecular formula is C15H26N2O. The van der Waals surface area contributed by atoms with Crippen LogP contribution in [0.15, 0.2) is 0 Å². The van der Waals surface area contributed by atoms with Crippen LogP contribution in [0.1, 0.15) is 45.4 Å². The lowest BCUT2D eigenvalue weighted by Crippen LogP contribution is -2.51. The average Bonchev–Trinajstić information content (AvgIpc) is 3.23. The molecule has 1 aliphatic heterocycles. The monoisotopic (exact) mass is 250 g/mol. The van der Waals surface area contributed by atoms with E-state index in [9.17, 15) is 4.79 Å². The second kappa shape index (κ2) is 4.84. The van der Waals surface area contributed by atoms with Crippen LogP contribution in [-0.2, 0) is 4.79 Å². The number of carbonyl (C=O) groups excluding carboxylic acids is 1. The maximum atomic E-state index is 12.8. The Kier molecular flexibility index (Phi) is 3.35. The number of carbonyl (C=O) groups is 1. The summed E-state index contributed by atoms with van der Waals surface area (Å²) < 4.78 is 0. The van der Waals surface area contributed by atoms with Crippen LogP contribution in [0.3, 0.4) is 0 Å². The Balaban J connectivity index is 1.64. The van der Waals surface area contributed by atoms with Crippen molar-refractivity contribution in [1.82, 2.24) is 10.2 Å². The van der Waals surface area contributed by atoms with E-state index in [2.05, 4.69) is 17.1 Å². The topological polar surface area (TPSA) is 32.3 Å². The zero-order valence-electron chi connectivity index (χ0n) is 11.6. The van der Waals surface area contributed by atoms with Gasteiger partial charge in [-0.15, -0.1) is 0 Å². The van der Waals surface area contributed by atoms with Gasteiger partial charge in [-0.25, -0.2) is 0 Å². The fourth-order valence-electron chi connectivity index (χ4n) is 3.09. The lowest BCUT2D eigenvalue weighted by Gasteiger charge is -2.37. The van der Waals surface area contributed by atoms with Gasteiger partial charge in [-0.1, -0.05) is 0 Å². The van der Waals surface area contributed by atoms with E-state index < -0.39 is 0 Å². The van der Waals surface area contributed by atoms with Gasteiger partial charge in [0, 0.05) is 19.6 Å². The third-order valence-corrected chi connectivity index (χ3v) is 4.75. The number of nitrogens with zero attached hydrogens (tertiary/aromatic N) is 1. The molecule has 0 radical (unpaired) electrons. The van der Waals surface area contributed by atoms with Gasteiger partial charge in [0.25, 0.3) is 0 Å². The summed E-state index contributed by atoms with van der Waals surface area (Å²) in [4.78, 5) is 15.0.